The summed E-state index contributed by atoms with van der Waals surface area (Å²) < 4.78 is 11.2. The van der Waals surface area contributed by atoms with E-state index in [2.05, 4.69) is 31.8 Å². The Hall–Kier alpha value is -2.48. The second-order valence-corrected chi connectivity index (χ2v) is 5.09. The minimum Gasteiger partial charge on any atom is -0.493 e. The second-order valence-electron chi connectivity index (χ2n) is 4.17. The highest BCUT2D eigenvalue weighted by atomic mass is 79.9. The van der Waals surface area contributed by atoms with Crippen molar-refractivity contribution >= 4 is 27.7 Å². The van der Waals surface area contributed by atoms with E-state index in [9.17, 15) is 9.59 Å². The van der Waals surface area contributed by atoms with Crippen molar-refractivity contribution in [3.8, 4) is 11.5 Å². The third kappa shape index (κ3) is 4.26. The van der Waals surface area contributed by atoms with E-state index in [1.54, 1.807) is 36.5 Å². The first kappa shape index (κ1) is 15.9. The molecule has 0 saturated carbocycles. The zero-order chi connectivity index (χ0) is 15.9. The predicted molar refractivity (Wildman–Crippen MR) is 82.6 cm³/mol. The molecular weight excluding hydrogens is 354 g/mol. The highest BCUT2D eigenvalue weighted by molar-refractivity contribution is 9.10. The largest absolute Gasteiger partial charge is 0.493 e. The van der Waals surface area contributed by atoms with Crippen molar-refractivity contribution in [2.45, 2.75) is 0 Å². The first-order chi connectivity index (χ1) is 10.6. The fourth-order valence-corrected chi connectivity index (χ4v) is 1.95. The monoisotopic (exact) mass is 367 g/mol. The lowest BCUT2D eigenvalue weighted by molar-refractivity contribution is -0.123. The van der Waals surface area contributed by atoms with Gasteiger partial charge in [0.1, 0.15) is 5.69 Å². The van der Waals surface area contributed by atoms with Crippen LogP contribution in [0.25, 0.3) is 0 Å². The fourth-order valence-electron chi connectivity index (χ4n) is 1.61. The minimum atomic E-state index is -0.495. The standard InChI is InChI=1S/C14H14BrN3O4/c1-21-11-4-2-3-5-12(11)22-8-13(19)17-18-14(20)10-6-9(15)7-16-10/h2-7,16H,8H2,1H3,(H,17,19)(H,18,20). The van der Waals surface area contributed by atoms with Crippen molar-refractivity contribution in [2.24, 2.45) is 0 Å². The molecule has 0 aliphatic heterocycles. The molecule has 22 heavy (non-hydrogen) atoms. The summed E-state index contributed by atoms with van der Waals surface area (Å²) in [5, 5.41) is 0. The minimum absolute atomic E-state index is 0.255. The van der Waals surface area contributed by atoms with E-state index >= 15 is 0 Å². The third-order valence-electron chi connectivity index (χ3n) is 2.64. The van der Waals surface area contributed by atoms with E-state index in [4.69, 9.17) is 9.47 Å². The average molecular weight is 368 g/mol. The van der Waals surface area contributed by atoms with Crippen molar-refractivity contribution in [3.05, 3.63) is 46.7 Å². The number of hydrazine groups is 1. The number of hydrogen-bond donors (Lipinski definition) is 3. The number of methoxy groups -OCH3 is 1. The molecule has 2 rings (SSSR count). The van der Waals surface area contributed by atoms with Gasteiger partial charge in [0.2, 0.25) is 0 Å². The molecule has 2 aromatic rings. The van der Waals surface area contributed by atoms with E-state index in [0.29, 0.717) is 17.2 Å². The van der Waals surface area contributed by atoms with Crippen molar-refractivity contribution in [2.75, 3.05) is 13.7 Å². The maximum Gasteiger partial charge on any atom is 0.286 e. The van der Waals surface area contributed by atoms with Gasteiger partial charge in [0.25, 0.3) is 11.8 Å². The Balaban J connectivity index is 1.80. The van der Waals surface area contributed by atoms with Crippen molar-refractivity contribution in [3.63, 3.8) is 0 Å². The number of carbonyl (C=O) groups is 2. The summed E-state index contributed by atoms with van der Waals surface area (Å²) in [5.74, 6) is 0.0107. The van der Waals surface area contributed by atoms with Gasteiger partial charge >= 0.3 is 0 Å². The first-order valence-corrected chi connectivity index (χ1v) is 7.08. The summed E-state index contributed by atoms with van der Waals surface area (Å²) in [6.45, 7) is -0.255. The molecule has 0 radical (unpaired) electrons. The van der Waals surface area contributed by atoms with E-state index < -0.39 is 11.8 Å². The summed E-state index contributed by atoms with van der Waals surface area (Å²) in [6.07, 6.45) is 1.61. The summed E-state index contributed by atoms with van der Waals surface area (Å²) in [5.41, 5.74) is 4.85. The molecule has 0 fully saturated rings. The van der Waals surface area contributed by atoms with E-state index in [0.717, 1.165) is 4.47 Å². The number of aromatic nitrogens is 1. The summed E-state index contributed by atoms with van der Waals surface area (Å²) in [6, 6.07) is 8.55. The summed E-state index contributed by atoms with van der Waals surface area (Å²) in [4.78, 5) is 26.1. The molecule has 8 heteroatoms. The van der Waals surface area contributed by atoms with Crippen LogP contribution in [0.4, 0.5) is 0 Å². The highest BCUT2D eigenvalue weighted by Gasteiger charge is 2.10. The molecule has 0 bridgehead atoms. The number of amides is 2. The molecule has 1 heterocycles. The molecule has 0 spiro atoms. The Kier molecular flexibility index (Phi) is 5.42. The fraction of sp³-hybridized carbons (Fsp3) is 0.143. The van der Waals surface area contributed by atoms with Crippen LogP contribution >= 0.6 is 15.9 Å². The molecule has 3 N–H and O–H groups in total. The van der Waals surface area contributed by atoms with Gasteiger partial charge in [0.05, 0.1) is 7.11 Å². The van der Waals surface area contributed by atoms with Gasteiger partial charge in [-0.15, -0.1) is 0 Å². The van der Waals surface area contributed by atoms with Gasteiger partial charge in [0, 0.05) is 10.7 Å². The van der Waals surface area contributed by atoms with Gasteiger partial charge in [-0.25, -0.2) is 0 Å². The number of hydrogen-bond acceptors (Lipinski definition) is 4. The van der Waals surface area contributed by atoms with Gasteiger partial charge in [-0.05, 0) is 34.1 Å². The lowest BCUT2D eigenvalue weighted by atomic mass is 10.3. The maximum absolute atomic E-state index is 11.7. The van der Waals surface area contributed by atoms with Crippen LogP contribution < -0.4 is 20.3 Å². The van der Waals surface area contributed by atoms with Gasteiger partial charge in [-0.2, -0.15) is 0 Å². The van der Waals surface area contributed by atoms with Crippen LogP contribution in [0, 0.1) is 0 Å². The van der Waals surface area contributed by atoms with Crippen molar-refractivity contribution < 1.29 is 19.1 Å². The quantitative estimate of drug-likeness (QED) is 0.700. The number of para-hydroxylation sites is 2. The number of rotatable bonds is 5. The molecule has 2 amide bonds. The molecule has 0 saturated heterocycles. The molecule has 0 unspecified atom stereocenters. The van der Waals surface area contributed by atoms with Crippen molar-refractivity contribution in [1.29, 1.82) is 0 Å². The van der Waals surface area contributed by atoms with Crippen LogP contribution in [0.3, 0.4) is 0 Å². The maximum atomic E-state index is 11.7. The van der Waals surface area contributed by atoms with Crippen LogP contribution in [0.1, 0.15) is 10.5 Å². The van der Waals surface area contributed by atoms with Gasteiger partial charge in [-0.3, -0.25) is 20.4 Å². The van der Waals surface area contributed by atoms with Crippen LogP contribution in [0.5, 0.6) is 11.5 Å². The second kappa shape index (κ2) is 7.51. The molecule has 1 aromatic heterocycles. The first-order valence-electron chi connectivity index (χ1n) is 6.29. The molecule has 0 atom stereocenters. The van der Waals surface area contributed by atoms with Crippen molar-refractivity contribution in [1.82, 2.24) is 15.8 Å². The molecule has 0 aliphatic rings. The molecule has 116 valence electrons. The SMILES string of the molecule is COc1ccccc1OCC(=O)NNC(=O)c1cc(Br)c[nH]1. The lowest BCUT2D eigenvalue weighted by Crippen LogP contribution is -2.43. The van der Waals surface area contributed by atoms with E-state index in [1.807, 2.05) is 0 Å². The Morgan fingerprint density at radius 2 is 1.95 bits per heavy atom. The number of halogens is 1. The van der Waals surface area contributed by atoms with Gasteiger partial charge in [-0.1, -0.05) is 12.1 Å². The van der Waals surface area contributed by atoms with E-state index in [1.165, 1.54) is 7.11 Å². The Morgan fingerprint density at radius 3 is 2.59 bits per heavy atom. The predicted octanol–water partition coefficient (Wildman–Crippen LogP) is 1.63. The molecular formula is C14H14BrN3O4. The average Bonchev–Trinajstić information content (AvgIpc) is 2.97. The van der Waals surface area contributed by atoms with Gasteiger partial charge in [0.15, 0.2) is 18.1 Å². The topological polar surface area (TPSA) is 92.4 Å². The summed E-state index contributed by atoms with van der Waals surface area (Å²) in [7, 11) is 1.51. The van der Waals surface area contributed by atoms with Crippen LogP contribution in [-0.2, 0) is 4.79 Å². The number of carbonyl (C=O) groups excluding carboxylic acids is 2. The number of ether oxygens (including phenoxy) is 2. The number of nitrogens with one attached hydrogen (secondary N) is 3. The zero-order valence-corrected chi connectivity index (χ0v) is 13.3. The van der Waals surface area contributed by atoms with Crippen LogP contribution in [0.15, 0.2) is 41.0 Å². The zero-order valence-electron chi connectivity index (χ0n) is 11.7. The van der Waals surface area contributed by atoms with Crippen LogP contribution in [-0.4, -0.2) is 30.5 Å². The highest BCUT2D eigenvalue weighted by Crippen LogP contribution is 2.25. The Bertz CT molecular complexity index is 672. The summed E-state index contributed by atoms with van der Waals surface area (Å²) >= 11 is 3.21. The Labute approximate surface area is 135 Å². The van der Waals surface area contributed by atoms with E-state index in [-0.39, 0.29) is 6.61 Å². The molecule has 0 aliphatic carbocycles. The lowest BCUT2D eigenvalue weighted by Gasteiger charge is -2.10. The normalized spacial score (nSPS) is 9.91. The third-order valence-corrected chi connectivity index (χ3v) is 3.09. The van der Waals surface area contributed by atoms with Crippen LogP contribution in [0.2, 0.25) is 0 Å². The van der Waals surface area contributed by atoms with Gasteiger partial charge < -0.3 is 14.5 Å². The Morgan fingerprint density at radius 1 is 1.23 bits per heavy atom. The number of benzene rings is 1. The number of aromatic amines is 1. The number of H-pyrrole nitrogens is 1. The smallest absolute Gasteiger partial charge is 0.286 e. The molecule has 7 nitrogen and oxygen atoms in total. The molecule has 1 aromatic carbocycles.